The molecule has 0 spiro atoms. The Morgan fingerprint density at radius 2 is 2.35 bits per heavy atom. The maximum Gasteiger partial charge on any atom is 0.213 e. The van der Waals surface area contributed by atoms with Gasteiger partial charge in [0.25, 0.3) is 0 Å². The number of hydrogen-bond acceptors (Lipinski definition) is 4. The van der Waals surface area contributed by atoms with E-state index < -0.39 is 0 Å². The van der Waals surface area contributed by atoms with Crippen molar-refractivity contribution in [1.82, 2.24) is 15.5 Å². The lowest BCUT2D eigenvalue weighted by Crippen LogP contribution is -2.21. The second-order valence-corrected chi connectivity index (χ2v) is 3.83. The highest BCUT2D eigenvalue weighted by atomic mass is 19.1. The molecule has 0 fully saturated rings. The molecule has 2 rings (SSSR count). The van der Waals surface area contributed by atoms with E-state index in [2.05, 4.69) is 20.0 Å². The lowest BCUT2D eigenvalue weighted by molar-refractivity contribution is 0.408. The Hall–Kier alpha value is -1.75. The van der Waals surface area contributed by atoms with Crippen LogP contribution in [0.4, 0.5) is 4.39 Å². The first-order chi connectivity index (χ1) is 8.25. The van der Waals surface area contributed by atoms with E-state index in [0.717, 1.165) is 12.1 Å². The lowest BCUT2D eigenvalue weighted by Gasteiger charge is -2.13. The molecule has 1 N–H and O–H groups in total. The van der Waals surface area contributed by atoms with Crippen molar-refractivity contribution in [3.8, 4) is 0 Å². The number of benzene rings is 1. The Morgan fingerprint density at radius 1 is 1.47 bits per heavy atom. The molecule has 0 radical (unpaired) electrons. The van der Waals surface area contributed by atoms with Gasteiger partial charge in [-0.25, -0.2) is 4.39 Å². The minimum atomic E-state index is -0.214. The van der Waals surface area contributed by atoms with Crippen LogP contribution in [0, 0.1) is 5.82 Å². The summed E-state index contributed by atoms with van der Waals surface area (Å²) in [5, 5.41) is 6.99. The van der Waals surface area contributed by atoms with Crippen LogP contribution in [-0.2, 0) is 6.42 Å². The van der Waals surface area contributed by atoms with E-state index in [0.29, 0.717) is 12.2 Å². The molecular formula is C12H14FN3O. The molecule has 5 heteroatoms. The Kier molecular flexibility index (Phi) is 3.82. The van der Waals surface area contributed by atoms with Crippen molar-refractivity contribution >= 4 is 0 Å². The van der Waals surface area contributed by atoms with Gasteiger partial charge in [0.05, 0.1) is 0 Å². The Labute approximate surface area is 98.8 Å². The summed E-state index contributed by atoms with van der Waals surface area (Å²) < 4.78 is 17.6. The summed E-state index contributed by atoms with van der Waals surface area (Å²) in [6.45, 7) is 2.71. The zero-order chi connectivity index (χ0) is 12.1. The summed E-state index contributed by atoms with van der Waals surface area (Å²) >= 11 is 0. The van der Waals surface area contributed by atoms with E-state index in [-0.39, 0.29) is 11.9 Å². The van der Waals surface area contributed by atoms with Crippen LogP contribution in [0.15, 0.2) is 35.2 Å². The monoisotopic (exact) mass is 235 g/mol. The fraction of sp³-hybridized carbons (Fsp3) is 0.333. The summed E-state index contributed by atoms with van der Waals surface area (Å²) in [6, 6.07) is 6.68. The van der Waals surface area contributed by atoms with Gasteiger partial charge in [-0.2, -0.15) is 4.98 Å². The zero-order valence-electron chi connectivity index (χ0n) is 9.56. The molecule has 0 aliphatic heterocycles. The standard InChI is InChI=1S/C12H14FN3O/c1-9(10-3-2-4-11(13)7-10)14-6-5-12-15-8-17-16-12/h2-4,7-9,14H,5-6H2,1H3. The predicted molar refractivity (Wildman–Crippen MR) is 60.8 cm³/mol. The third kappa shape index (κ3) is 3.35. The van der Waals surface area contributed by atoms with E-state index in [9.17, 15) is 4.39 Å². The van der Waals surface area contributed by atoms with Gasteiger partial charge in [0.2, 0.25) is 6.39 Å². The van der Waals surface area contributed by atoms with Crippen molar-refractivity contribution in [2.24, 2.45) is 0 Å². The highest BCUT2D eigenvalue weighted by Gasteiger charge is 2.06. The van der Waals surface area contributed by atoms with Gasteiger partial charge in [-0.15, -0.1) is 0 Å². The van der Waals surface area contributed by atoms with Crippen molar-refractivity contribution in [1.29, 1.82) is 0 Å². The van der Waals surface area contributed by atoms with Crippen LogP contribution >= 0.6 is 0 Å². The van der Waals surface area contributed by atoms with Crippen LogP contribution in [0.2, 0.25) is 0 Å². The highest BCUT2D eigenvalue weighted by Crippen LogP contribution is 2.13. The molecule has 0 amide bonds. The number of rotatable bonds is 5. The van der Waals surface area contributed by atoms with Crippen LogP contribution in [0.3, 0.4) is 0 Å². The van der Waals surface area contributed by atoms with Gasteiger partial charge >= 0.3 is 0 Å². The van der Waals surface area contributed by atoms with Gasteiger partial charge < -0.3 is 9.84 Å². The topological polar surface area (TPSA) is 51.0 Å². The van der Waals surface area contributed by atoms with Crippen LogP contribution in [-0.4, -0.2) is 16.7 Å². The number of nitrogens with zero attached hydrogens (tertiary/aromatic N) is 2. The Morgan fingerprint density at radius 3 is 3.06 bits per heavy atom. The molecule has 90 valence electrons. The molecule has 1 aromatic heterocycles. The lowest BCUT2D eigenvalue weighted by atomic mass is 10.1. The fourth-order valence-corrected chi connectivity index (χ4v) is 1.60. The first-order valence-corrected chi connectivity index (χ1v) is 5.50. The van der Waals surface area contributed by atoms with Crippen LogP contribution in [0.25, 0.3) is 0 Å². The molecule has 4 nitrogen and oxygen atoms in total. The third-order valence-corrected chi connectivity index (χ3v) is 2.55. The first kappa shape index (κ1) is 11.7. The maximum atomic E-state index is 13.0. The number of aromatic nitrogens is 2. The van der Waals surface area contributed by atoms with Gasteiger partial charge in [-0.3, -0.25) is 0 Å². The average Bonchev–Trinajstić information content (AvgIpc) is 2.82. The summed E-state index contributed by atoms with van der Waals surface area (Å²) in [4.78, 5) is 3.92. The fourth-order valence-electron chi connectivity index (χ4n) is 1.60. The van der Waals surface area contributed by atoms with Crippen LogP contribution in [0.1, 0.15) is 24.4 Å². The van der Waals surface area contributed by atoms with Crippen molar-refractivity contribution in [3.05, 3.63) is 47.9 Å². The molecule has 1 heterocycles. The molecule has 0 aliphatic carbocycles. The van der Waals surface area contributed by atoms with Crippen LogP contribution in [0.5, 0.6) is 0 Å². The molecule has 2 aromatic rings. The molecule has 0 saturated heterocycles. The molecule has 0 bridgehead atoms. The van der Waals surface area contributed by atoms with Gasteiger partial charge in [-0.1, -0.05) is 17.3 Å². The largest absolute Gasteiger partial charge is 0.343 e. The SMILES string of the molecule is CC(NCCc1ncon1)c1cccc(F)c1. The molecular weight excluding hydrogens is 221 g/mol. The normalized spacial score (nSPS) is 12.6. The van der Waals surface area contributed by atoms with Gasteiger partial charge in [0.15, 0.2) is 5.82 Å². The van der Waals surface area contributed by atoms with Gasteiger partial charge in [0.1, 0.15) is 5.82 Å². The number of nitrogens with one attached hydrogen (secondary N) is 1. The third-order valence-electron chi connectivity index (χ3n) is 2.55. The smallest absolute Gasteiger partial charge is 0.213 e. The molecule has 17 heavy (non-hydrogen) atoms. The second kappa shape index (κ2) is 5.54. The zero-order valence-corrected chi connectivity index (χ0v) is 9.56. The number of hydrogen-bond donors (Lipinski definition) is 1. The minimum absolute atomic E-state index is 0.0950. The maximum absolute atomic E-state index is 13.0. The predicted octanol–water partition coefficient (Wildman–Crippen LogP) is 2.10. The van der Waals surface area contributed by atoms with E-state index in [1.165, 1.54) is 18.5 Å². The van der Waals surface area contributed by atoms with E-state index in [1.807, 2.05) is 13.0 Å². The number of halogens is 1. The van der Waals surface area contributed by atoms with Crippen molar-refractivity contribution < 1.29 is 8.91 Å². The van der Waals surface area contributed by atoms with Crippen LogP contribution < -0.4 is 5.32 Å². The minimum Gasteiger partial charge on any atom is -0.343 e. The van der Waals surface area contributed by atoms with Gasteiger partial charge in [0, 0.05) is 19.0 Å². The quantitative estimate of drug-likeness (QED) is 0.862. The molecule has 1 aromatic carbocycles. The van der Waals surface area contributed by atoms with E-state index in [4.69, 9.17) is 0 Å². The molecule has 1 unspecified atom stereocenters. The van der Waals surface area contributed by atoms with Gasteiger partial charge in [-0.05, 0) is 24.6 Å². The summed E-state index contributed by atoms with van der Waals surface area (Å²) in [7, 11) is 0. The van der Waals surface area contributed by atoms with Crippen molar-refractivity contribution in [2.75, 3.05) is 6.54 Å². The van der Waals surface area contributed by atoms with Crippen molar-refractivity contribution in [2.45, 2.75) is 19.4 Å². The molecule has 1 atom stereocenters. The summed E-state index contributed by atoms with van der Waals surface area (Å²) in [6.07, 6.45) is 2.00. The molecule has 0 aliphatic rings. The summed E-state index contributed by atoms with van der Waals surface area (Å²) in [5.74, 6) is 0.457. The Balaban J connectivity index is 1.83. The van der Waals surface area contributed by atoms with Crippen molar-refractivity contribution in [3.63, 3.8) is 0 Å². The van der Waals surface area contributed by atoms with E-state index in [1.54, 1.807) is 6.07 Å². The molecule has 0 saturated carbocycles. The second-order valence-electron chi connectivity index (χ2n) is 3.83. The highest BCUT2D eigenvalue weighted by molar-refractivity contribution is 5.19. The average molecular weight is 235 g/mol. The summed E-state index contributed by atoms with van der Waals surface area (Å²) in [5.41, 5.74) is 0.929. The first-order valence-electron chi connectivity index (χ1n) is 5.50. The Bertz CT molecular complexity index is 459. The van der Waals surface area contributed by atoms with E-state index >= 15 is 0 Å².